The van der Waals surface area contributed by atoms with Crippen LogP contribution in [0.15, 0.2) is 53.1 Å². The van der Waals surface area contributed by atoms with Crippen LogP contribution in [0.25, 0.3) is 0 Å². The summed E-state index contributed by atoms with van der Waals surface area (Å²) in [6.07, 6.45) is 1.60. The van der Waals surface area contributed by atoms with Crippen LogP contribution in [0.4, 0.5) is 0 Å². The van der Waals surface area contributed by atoms with Crippen LogP contribution >= 0.6 is 11.6 Å². The third kappa shape index (κ3) is 3.82. The molecule has 2 aliphatic rings. The van der Waals surface area contributed by atoms with Crippen LogP contribution in [-0.4, -0.2) is 52.1 Å². The van der Waals surface area contributed by atoms with Crippen molar-refractivity contribution in [1.82, 2.24) is 5.32 Å². The summed E-state index contributed by atoms with van der Waals surface area (Å²) in [4.78, 5) is 27.0. The Balaban J connectivity index is 1.55. The van der Waals surface area contributed by atoms with E-state index in [9.17, 15) is 18.0 Å². The quantitative estimate of drug-likeness (QED) is 0.571. The minimum Gasteiger partial charge on any atom is -0.496 e. The van der Waals surface area contributed by atoms with E-state index in [-0.39, 0.29) is 45.0 Å². The molecule has 180 valence electrons. The first-order valence-corrected chi connectivity index (χ1v) is 12.6. The van der Waals surface area contributed by atoms with Crippen LogP contribution in [-0.2, 0) is 14.6 Å². The summed E-state index contributed by atoms with van der Waals surface area (Å²) in [5.41, 5.74) is -1.13. The number of Topliss-reactive ketones (excluding diaryl/α,β-unsaturated/α-hetero) is 1. The van der Waals surface area contributed by atoms with Crippen molar-refractivity contribution >= 4 is 33.0 Å². The number of fused-ring (bicyclic) bond motifs is 1. The number of benzene rings is 2. The number of carbonyl (C=O) groups excluding carboxylic acids is 2. The second-order valence-corrected chi connectivity index (χ2v) is 10.7. The molecule has 0 fully saturated rings. The van der Waals surface area contributed by atoms with Crippen molar-refractivity contribution in [2.45, 2.75) is 23.8 Å². The van der Waals surface area contributed by atoms with E-state index in [0.29, 0.717) is 12.1 Å². The Morgan fingerprint density at radius 3 is 2.44 bits per heavy atom. The smallest absolute Gasteiger partial charge is 0.236 e. The molecular weight excluding hydrogens is 482 g/mol. The van der Waals surface area contributed by atoms with Gasteiger partial charge in [0.2, 0.25) is 17.2 Å². The summed E-state index contributed by atoms with van der Waals surface area (Å²) < 4.78 is 41.6. The number of nitrogens with one attached hydrogen (secondary N) is 1. The standard InChI is InChI=1S/C24H24ClNO7S/c1-14-11-15(26-9-10-34(29,30)16-7-5-4-6-8-16)12-19(27)24(14)23(28)20-17(31-2)13-18(32-3)21(25)22(20)33-24/h4-8,12-14,26H,9-11H2,1-3H3. The summed E-state index contributed by atoms with van der Waals surface area (Å²) in [5, 5.41) is 3.11. The molecule has 1 spiro atoms. The van der Waals surface area contributed by atoms with Gasteiger partial charge >= 0.3 is 0 Å². The molecule has 0 saturated carbocycles. The molecule has 0 aromatic heterocycles. The SMILES string of the molecule is COc1cc(OC)c2c(c1Cl)OC1(C(=O)C=C(NCCS(=O)(=O)c3ccccc3)CC1C)C2=O. The van der Waals surface area contributed by atoms with Crippen molar-refractivity contribution in [3.8, 4) is 17.2 Å². The number of carbonyl (C=O) groups is 2. The fourth-order valence-corrected chi connectivity index (χ4v) is 5.79. The molecule has 1 N–H and O–H groups in total. The molecule has 1 aliphatic carbocycles. The minimum absolute atomic E-state index is 0.0573. The molecule has 0 amide bonds. The number of rotatable bonds is 7. The van der Waals surface area contributed by atoms with Gasteiger partial charge in [0, 0.05) is 30.3 Å². The first-order valence-electron chi connectivity index (χ1n) is 10.6. The predicted octanol–water partition coefficient (Wildman–Crippen LogP) is 3.23. The van der Waals surface area contributed by atoms with E-state index in [0.717, 1.165) is 0 Å². The second kappa shape index (κ2) is 8.96. The Kier molecular flexibility index (Phi) is 6.35. The molecule has 4 rings (SSSR count). The zero-order chi connectivity index (χ0) is 24.7. The number of ketones is 2. The maximum atomic E-state index is 13.5. The van der Waals surface area contributed by atoms with Crippen LogP contribution in [0, 0.1) is 5.92 Å². The van der Waals surface area contributed by atoms with Crippen LogP contribution in [0.1, 0.15) is 23.7 Å². The molecule has 34 heavy (non-hydrogen) atoms. The van der Waals surface area contributed by atoms with Gasteiger partial charge in [-0.2, -0.15) is 0 Å². The molecule has 1 heterocycles. The molecule has 2 aromatic rings. The minimum atomic E-state index is -3.47. The maximum Gasteiger partial charge on any atom is 0.236 e. The van der Waals surface area contributed by atoms with Gasteiger partial charge in [-0.15, -0.1) is 0 Å². The van der Waals surface area contributed by atoms with Gasteiger partial charge in [0.1, 0.15) is 22.1 Å². The van der Waals surface area contributed by atoms with Gasteiger partial charge in [0.25, 0.3) is 0 Å². The number of hydrogen-bond donors (Lipinski definition) is 1. The second-order valence-electron chi connectivity index (χ2n) is 8.16. The van der Waals surface area contributed by atoms with Gasteiger partial charge in [-0.05, 0) is 18.6 Å². The topological polar surface area (TPSA) is 108 Å². The summed E-state index contributed by atoms with van der Waals surface area (Å²) in [5.74, 6) is -1.24. The van der Waals surface area contributed by atoms with Crippen molar-refractivity contribution in [3.05, 3.63) is 58.8 Å². The van der Waals surface area contributed by atoms with Gasteiger partial charge in [0.05, 0.1) is 24.9 Å². The first kappa shape index (κ1) is 24.1. The fraction of sp³-hybridized carbons (Fsp3) is 0.333. The highest BCUT2D eigenvalue weighted by Gasteiger charge is 2.60. The highest BCUT2D eigenvalue weighted by molar-refractivity contribution is 7.91. The zero-order valence-electron chi connectivity index (χ0n) is 18.9. The lowest BCUT2D eigenvalue weighted by Crippen LogP contribution is -2.55. The number of methoxy groups -OCH3 is 2. The van der Waals surface area contributed by atoms with Gasteiger partial charge in [-0.1, -0.05) is 36.7 Å². The van der Waals surface area contributed by atoms with Crippen LogP contribution in [0.5, 0.6) is 17.2 Å². The highest BCUT2D eigenvalue weighted by Crippen LogP contribution is 2.52. The zero-order valence-corrected chi connectivity index (χ0v) is 20.5. The van der Waals surface area contributed by atoms with E-state index in [1.54, 1.807) is 37.3 Å². The molecule has 2 unspecified atom stereocenters. The molecule has 0 bridgehead atoms. The number of halogens is 1. The average Bonchev–Trinajstić information content (AvgIpc) is 3.13. The maximum absolute atomic E-state index is 13.5. The van der Waals surface area contributed by atoms with Crippen molar-refractivity contribution in [1.29, 1.82) is 0 Å². The van der Waals surface area contributed by atoms with Gasteiger partial charge in [-0.3, -0.25) is 9.59 Å². The van der Waals surface area contributed by atoms with Gasteiger partial charge in [0.15, 0.2) is 15.6 Å². The number of sulfone groups is 1. The number of allylic oxidation sites excluding steroid dienone is 1. The highest BCUT2D eigenvalue weighted by atomic mass is 35.5. The van der Waals surface area contributed by atoms with Crippen LogP contribution in [0.3, 0.4) is 0 Å². The van der Waals surface area contributed by atoms with Crippen molar-refractivity contribution in [2.24, 2.45) is 5.92 Å². The largest absolute Gasteiger partial charge is 0.496 e. The van der Waals surface area contributed by atoms with E-state index in [4.69, 9.17) is 25.8 Å². The van der Waals surface area contributed by atoms with Gasteiger partial charge < -0.3 is 19.5 Å². The van der Waals surface area contributed by atoms with E-state index >= 15 is 0 Å². The van der Waals surface area contributed by atoms with Crippen molar-refractivity contribution in [3.63, 3.8) is 0 Å². The Morgan fingerprint density at radius 1 is 1.15 bits per heavy atom. The Bertz CT molecular complexity index is 1290. The summed E-state index contributed by atoms with van der Waals surface area (Å²) in [6, 6.07) is 9.64. The lowest BCUT2D eigenvalue weighted by atomic mass is 9.74. The van der Waals surface area contributed by atoms with E-state index in [1.807, 2.05) is 0 Å². The Morgan fingerprint density at radius 2 is 1.82 bits per heavy atom. The van der Waals surface area contributed by atoms with Crippen LogP contribution in [0.2, 0.25) is 5.02 Å². The summed E-state index contributed by atoms with van der Waals surface area (Å²) in [6.45, 7) is 1.84. The molecule has 1 aliphatic heterocycles. The summed E-state index contributed by atoms with van der Waals surface area (Å²) >= 11 is 6.38. The lowest BCUT2D eigenvalue weighted by Gasteiger charge is -2.35. The molecule has 2 atom stereocenters. The molecule has 2 aromatic carbocycles. The summed E-state index contributed by atoms with van der Waals surface area (Å²) in [7, 11) is -0.644. The van der Waals surface area contributed by atoms with E-state index in [1.165, 1.54) is 26.4 Å². The monoisotopic (exact) mass is 505 g/mol. The van der Waals surface area contributed by atoms with Crippen molar-refractivity contribution < 1.29 is 32.2 Å². The lowest BCUT2D eigenvalue weighted by molar-refractivity contribution is -0.129. The van der Waals surface area contributed by atoms with E-state index < -0.39 is 32.9 Å². The average molecular weight is 506 g/mol. The van der Waals surface area contributed by atoms with Crippen molar-refractivity contribution in [2.75, 3.05) is 26.5 Å². The third-order valence-corrected chi connectivity index (χ3v) is 8.23. The fourth-order valence-electron chi connectivity index (χ4n) is 4.34. The predicted molar refractivity (Wildman–Crippen MR) is 126 cm³/mol. The van der Waals surface area contributed by atoms with Gasteiger partial charge in [-0.25, -0.2) is 8.42 Å². The number of ether oxygens (including phenoxy) is 3. The number of hydrogen-bond acceptors (Lipinski definition) is 8. The Hall–Kier alpha value is -3.04. The first-order chi connectivity index (χ1) is 16.2. The Labute approximate surface area is 202 Å². The third-order valence-electron chi connectivity index (χ3n) is 6.14. The molecule has 0 radical (unpaired) electrons. The molecule has 10 heteroatoms. The molecule has 0 saturated heterocycles. The normalized spacial score (nSPS) is 21.6. The van der Waals surface area contributed by atoms with E-state index in [2.05, 4.69) is 5.32 Å². The molecule has 8 nitrogen and oxygen atoms in total. The molecular formula is C24H24ClNO7S. The van der Waals surface area contributed by atoms with Crippen LogP contribution < -0.4 is 19.5 Å².